The lowest BCUT2D eigenvalue weighted by molar-refractivity contribution is -0.128. The molecule has 5 heterocycles. The molecule has 1 atom stereocenters. The molecule has 0 unspecified atom stereocenters. The minimum atomic E-state index is -1.06. The van der Waals surface area contributed by atoms with E-state index in [1.54, 1.807) is 35.4 Å². The van der Waals surface area contributed by atoms with Gasteiger partial charge >= 0.3 is 0 Å². The van der Waals surface area contributed by atoms with Crippen molar-refractivity contribution < 1.29 is 23.0 Å². The van der Waals surface area contributed by atoms with Crippen LogP contribution in [0.3, 0.4) is 0 Å². The maximum absolute atomic E-state index is 14.2. The fourth-order valence-corrected chi connectivity index (χ4v) is 7.16. The zero-order chi connectivity index (χ0) is 35.0. The van der Waals surface area contributed by atoms with Gasteiger partial charge in [-0.25, -0.2) is 9.37 Å². The minimum absolute atomic E-state index is 0.144. The average molecular weight is 683 g/mol. The number of piperidine rings is 1. The van der Waals surface area contributed by atoms with Gasteiger partial charge in [-0.05, 0) is 75.2 Å². The monoisotopic (exact) mass is 682 g/mol. The molecule has 2 aromatic heterocycles. The van der Waals surface area contributed by atoms with Crippen molar-refractivity contribution in [2.45, 2.75) is 44.3 Å². The van der Waals surface area contributed by atoms with Crippen LogP contribution in [0.4, 0.5) is 14.6 Å². The maximum Gasteiger partial charge on any atom is 0.264 e. The number of ether oxygens (including phenoxy) is 2. The van der Waals surface area contributed by atoms with E-state index in [2.05, 4.69) is 34.7 Å². The number of hydrogen-bond donors (Lipinski definition) is 1. The van der Waals surface area contributed by atoms with Crippen molar-refractivity contribution in [3.63, 3.8) is 0 Å². The number of halogens is 2. The standard InChI is InChI=1S/C37H40F2N8O3/c1-37(2,46-17-15-44(16-18-46)27-22-49-23-27)19-25(20-40)36(48)45-14-4-5-26(21-45)47-30-12-13-42-35(41)32(30)34(43-47)24-8-10-28(11-9-24)50-31-7-3-6-29(38)33(31)39/h3,6-13,19,26-27H,4-5,14-18,21-23H2,1-2H3,(H2,41,42)/b25-19+/t26-/m1/s1. The average Bonchev–Trinajstić information content (AvgIpc) is 3.50. The molecule has 3 saturated heterocycles. The van der Waals surface area contributed by atoms with Crippen molar-refractivity contribution in [3.8, 4) is 28.8 Å². The molecule has 0 saturated carbocycles. The number of fused-ring (bicyclic) bond motifs is 1. The molecule has 13 heteroatoms. The Kier molecular flexibility index (Phi) is 9.26. The van der Waals surface area contributed by atoms with Crippen LogP contribution in [0.5, 0.6) is 11.5 Å². The fourth-order valence-electron chi connectivity index (χ4n) is 7.16. The van der Waals surface area contributed by atoms with Crippen molar-refractivity contribution in [3.05, 3.63) is 78.0 Å². The third kappa shape index (κ3) is 6.54. The van der Waals surface area contributed by atoms with E-state index in [0.29, 0.717) is 41.8 Å². The molecule has 1 amide bonds. The second-order valence-electron chi connectivity index (χ2n) is 13.6. The van der Waals surface area contributed by atoms with Crippen LogP contribution in [0.15, 0.2) is 66.4 Å². The van der Waals surface area contributed by atoms with Crippen molar-refractivity contribution in [1.29, 1.82) is 5.26 Å². The number of aromatic nitrogens is 3. The first-order chi connectivity index (χ1) is 24.1. The van der Waals surface area contributed by atoms with E-state index < -0.39 is 17.2 Å². The molecular weight excluding hydrogens is 642 g/mol. The summed E-state index contributed by atoms with van der Waals surface area (Å²) in [4.78, 5) is 24.7. The van der Waals surface area contributed by atoms with E-state index in [1.807, 2.05) is 16.8 Å². The Labute approximate surface area is 289 Å². The molecule has 0 radical (unpaired) electrons. The Morgan fingerprint density at radius 3 is 2.52 bits per heavy atom. The number of piperazine rings is 1. The summed E-state index contributed by atoms with van der Waals surface area (Å²) in [7, 11) is 0. The number of carbonyl (C=O) groups excluding carboxylic acids is 1. The topological polar surface area (TPSA) is 126 Å². The number of nitrogen functional groups attached to an aromatic ring is 1. The lowest BCUT2D eigenvalue weighted by Crippen LogP contribution is -2.59. The summed E-state index contributed by atoms with van der Waals surface area (Å²) in [5, 5.41) is 15.8. The van der Waals surface area contributed by atoms with Gasteiger partial charge in [-0.3, -0.25) is 19.3 Å². The third-order valence-electron chi connectivity index (χ3n) is 10.1. The zero-order valence-electron chi connectivity index (χ0n) is 28.2. The molecule has 2 aromatic carbocycles. The Bertz CT molecular complexity index is 1960. The van der Waals surface area contributed by atoms with Crippen molar-refractivity contribution in [2.75, 3.05) is 58.2 Å². The summed E-state index contributed by atoms with van der Waals surface area (Å²) in [6.07, 6.45) is 4.98. The number of nitrogens with zero attached hydrogens (tertiary/aromatic N) is 7. The van der Waals surface area contributed by atoms with Gasteiger partial charge in [-0.1, -0.05) is 6.07 Å². The molecular formula is C37H40F2N8O3. The predicted molar refractivity (Wildman–Crippen MR) is 184 cm³/mol. The number of nitriles is 1. The molecule has 0 bridgehead atoms. The number of hydrogen-bond acceptors (Lipinski definition) is 9. The van der Waals surface area contributed by atoms with Crippen LogP contribution in [0, 0.1) is 23.0 Å². The Balaban J connectivity index is 1.09. The molecule has 260 valence electrons. The van der Waals surface area contributed by atoms with Crippen LogP contribution in [0.25, 0.3) is 22.2 Å². The number of amides is 1. The Morgan fingerprint density at radius 1 is 1.06 bits per heavy atom. The zero-order valence-corrected chi connectivity index (χ0v) is 28.2. The highest BCUT2D eigenvalue weighted by atomic mass is 19.2. The molecule has 0 spiro atoms. The van der Waals surface area contributed by atoms with Crippen molar-refractivity contribution >= 4 is 22.6 Å². The van der Waals surface area contributed by atoms with Gasteiger partial charge in [0.1, 0.15) is 28.9 Å². The first kappa shape index (κ1) is 33.6. The molecule has 4 aromatic rings. The van der Waals surface area contributed by atoms with Gasteiger partial charge in [-0.2, -0.15) is 14.8 Å². The van der Waals surface area contributed by atoms with Gasteiger partial charge in [0.15, 0.2) is 11.6 Å². The van der Waals surface area contributed by atoms with Crippen LogP contribution < -0.4 is 10.5 Å². The number of nitrogens with two attached hydrogens (primary N) is 1. The molecule has 0 aliphatic carbocycles. The van der Waals surface area contributed by atoms with E-state index in [4.69, 9.17) is 20.3 Å². The molecule has 11 nitrogen and oxygen atoms in total. The smallest absolute Gasteiger partial charge is 0.264 e. The van der Waals surface area contributed by atoms with Crippen LogP contribution in [-0.2, 0) is 9.53 Å². The highest BCUT2D eigenvalue weighted by Crippen LogP contribution is 2.36. The molecule has 3 aliphatic heterocycles. The highest BCUT2D eigenvalue weighted by Gasteiger charge is 2.35. The quantitative estimate of drug-likeness (QED) is 0.198. The lowest BCUT2D eigenvalue weighted by atomic mass is 9.96. The van der Waals surface area contributed by atoms with Crippen molar-refractivity contribution in [1.82, 2.24) is 29.5 Å². The number of rotatable bonds is 8. The molecule has 3 fully saturated rings. The van der Waals surface area contributed by atoms with E-state index in [0.717, 1.165) is 69.4 Å². The van der Waals surface area contributed by atoms with Gasteiger partial charge in [0.2, 0.25) is 5.82 Å². The van der Waals surface area contributed by atoms with Crippen LogP contribution in [0.2, 0.25) is 0 Å². The van der Waals surface area contributed by atoms with Crippen LogP contribution in [0.1, 0.15) is 32.7 Å². The number of anilines is 1. The number of likely N-dealkylation sites (tertiary alicyclic amines) is 1. The SMILES string of the molecule is CC(C)(/C=C(\C#N)C(=O)N1CCC[C@@H](n2nc(-c3ccc(Oc4cccc(F)c4F)cc3)c3c(N)nccc32)C1)N1CCN(C2COC2)CC1. The molecule has 2 N–H and O–H groups in total. The predicted octanol–water partition coefficient (Wildman–Crippen LogP) is 5.16. The second kappa shape index (κ2) is 13.8. The van der Waals surface area contributed by atoms with Gasteiger partial charge in [0, 0.05) is 56.6 Å². The van der Waals surface area contributed by atoms with Gasteiger partial charge in [0.05, 0.1) is 36.2 Å². The Hall–Kier alpha value is -4.90. The number of carbonyl (C=O) groups is 1. The van der Waals surface area contributed by atoms with Crippen LogP contribution in [-0.4, -0.2) is 99.4 Å². The summed E-state index contributed by atoms with van der Waals surface area (Å²) in [6.45, 7) is 10.2. The number of pyridine rings is 1. The largest absolute Gasteiger partial charge is 0.454 e. The van der Waals surface area contributed by atoms with E-state index in [1.165, 1.54) is 12.1 Å². The first-order valence-electron chi connectivity index (χ1n) is 17.0. The summed E-state index contributed by atoms with van der Waals surface area (Å²) < 4.78 is 40.7. The maximum atomic E-state index is 14.2. The van der Waals surface area contributed by atoms with E-state index >= 15 is 0 Å². The normalized spacial score (nSPS) is 19.7. The fraction of sp³-hybridized carbons (Fsp3) is 0.405. The highest BCUT2D eigenvalue weighted by molar-refractivity contribution is 6.00. The van der Waals surface area contributed by atoms with Crippen molar-refractivity contribution in [2.24, 2.45) is 0 Å². The summed E-state index contributed by atoms with van der Waals surface area (Å²) >= 11 is 0. The first-order valence-corrected chi connectivity index (χ1v) is 17.0. The van der Waals surface area contributed by atoms with E-state index in [9.17, 15) is 18.8 Å². The third-order valence-corrected chi connectivity index (χ3v) is 10.1. The molecule has 50 heavy (non-hydrogen) atoms. The van der Waals surface area contributed by atoms with Crippen LogP contribution >= 0.6 is 0 Å². The van der Waals surface area contributed by atoms with Gasteiger partial charge in [0.25, 0.3) is 5.91 Å². The lowest BCUT2D eigenvalue weighted by Gasteiger charge is -2.46. The summed E-state index contributed by atoms with van der Waals surface area (Å²) in [5.74, 6) is -1.91. The molecule has 7 rings (SSSR count). The summed E-state index contributed by atoms with van der Waals surface area (Å²) in [5.41, 5.74) is 8.17. The van der Waals surface area contributed by atoms with Gasteiger partial charge in [-0.15, -0.1) is 0 Å². The summed E-state index contributed by atoms with van der Waals surface area (Å²) in [6, 6.07) is 15.0. The van der Waals surface area contributed by atoms with E-state index in [-0.39, 0.29) is 23.3 Å². The molecule has 3 aliphatic rings. The number of benzene rings is 2. The Morgan fingerprint density at radius 2 is 1.82 bits per heavy atom. The minimum Gasteiger partial charge on any atom is -0.454 e. The second-order valence-corrected chi connectivity index (χ2v) is 13.6. The van der Waals surface area contributed by atoms with Gasteiger partial charge < -0.3 is 20.1 Å².